The molecule has 1 heterocycles. The van der Waals surface area contributed by atoms with Crippen LogP contribution in [-0.2, 0) is 5.41 Å². The first-order chi connectivity index (χ1) is 28.4. The zero-order valence-electron chi connectivity index (χ0n) is 36.2. The number of benzene rings is 8. The van der Waals surface area contributed by atoms with Crippen molar-refractivity contribution in [1.29, 1.82) is 0 Å². The minimum absolute atomic E-state index is 0.151. The third kappa shape index (κ3) is 9.16. The van der Waals surface area contributed by atoms with Gasteiger partial charge in [-0.1, -0.05) is 199 Å². The molecule has 0 fully saturated rings. The van der Waals surface area contributed by atoms with Crippen molar-refractivity contribution >= 4 is 21.9 Å². The highest BCUT2D eigenvalue weighted by Crippen LogP contribution is 2.48. The lowest BCUT2D eigenvalue weighted by atomic mass is 9.82. The monoisotopic (exact) mass is 768 g/mol. The van der Waals surface area contributed by atoms with Gasteiger partial charge in [-0.25, -0.2) is 0 Å². The van der Waals surface area contributed by atoms with E-state index < -0.39 is 0 Å². The van der Waals surface area contributed by atoms with Crippen LogP contribution in [0.5, 0.6) is 0 Å². The average Bonchev–Trinajstić information content (AvgIpc) is 3.71. The van der Waals surface area contributed by atoms with Gasteiger partial charge < -0.3 is 4.42 Å². The van der Waals surface area contributed by atoms with Crippen LogP contribution in [0, 0.1) is 48.5 Å². The van der Waals surface area contributed by atoms with Gasteiger partial charge >= 0.3 is 0 Å². The normalized spacial score (nSPS) is 11.9. The highest BCUT2D eigenvalue weighted by molar-refractivity contribution is 6.05. The van der Waals surface area contributed by atoms with Gasteiger partial charge in [0, 0.05) is 16.2 Å². The van der Waals surface area contributed by atoms with Gasteiger partial charge in [0.15, 0.2) is 0 Å². The lowest BCUT2D eigenvalue weighted by Gasteiger charge is -2.21. The van der Waals surface area contributed by atoms with E-state index in [4.69, 9.17) is 4.42 Å². The Morgan fingerprint density at radius 3 is 1.56 bits per heavy atom. The van der Waals surface area contributed by atoms with Crippen LogP contribution in [0.1, 0.15) is 63.9 Å². The summed E-state index contributed by atoms with van der Waals surface area (Å²) in [5.41, 5.74) is 22.3. The largest absolute Gasteiger partial charge is 0.456 e. The molecule has 59 heavy (non-hydrogen) atoms. The topological polar surface area (TPSA) is 13.1 Å². The zero-order valence-corrected chi connectivity index (χ0v) is 36.2. The molecule has 0 spiro atoms. The second-order valence-corrected chi connectivity index (χ2v) is 16.7. The van der Waals surface area contributed by atoms with Gasteiger partial charge in [-0.15, -0.1) is 0 Å². The minimum atomic E-state index is 0.151. The van der Waals surface area contributed by atoms with E-state index in [0.717, 1.165) is 11.2 Å². The van der Waals surface area contributed by atoms with Crippen LogP contribution < -0.4 is 0 Å². The van der Waals surface area contributed by atoms with Gasteiger partial charge in [0.05, 0.1) is 0 Å². The number of hydrogen-bond acceptors (Lipinski definition) is 1. The molecule has 0 bridgehead atoms. The van der Waals surface area contributed by atoms with Crippen LogP contribution in [0.3, 0.4) is 0 Å². The molecule has 0 atom stereocenters. The average molecular weight is 769 g/mol. The molecule has 0 amide bonds. The number of furan rings is 1. The van der Waals surface area contributed by atoms with E-state index in [1.165, 1.54) is 94.2 Å². The van der Waals surface area contributed by atoms with Crippen molar-refractivity contribution in [2.24, 2.45) is 0 Å². The summed E-state index contributed by atoms with van der Waals surface area (Å²) in [6.07, 6.45) is 0. The van der Waals surface area contributed by atoms with E-state index >= 15 is 0 Å². The summed E-state index contributed by atoms with van der Waals surface area (Å²) in [5.74, 6) is 0. The third-order valence-electron chi connectivity index (χ3n) is 11.5. The lowest BCUT2D eigenvalue weighted by Crippen LogP contribution is -2.14. The van der Waals surface area contributed by atoms with Crippen molar-refractivity contribution in [2.75, 3.05) is 0 Å². The number of hydrogen-bond donors (Lipinski definition) is 0. The summed E-state index contributed by atoms with van der Waals surface area (Å²) >= 11 is 0. The second-order valence-electron chi connectivity index (χ2n) is 16.7. The summed E-state index contributed by atoms with van der Waals surface area (Å²) in [6, 6.07) is 62.4. The summed E-state index contributed by atoms with van der Waals surface area (Å²) in [4.78, 5) is 0. The standard InChI is InChI=1S/C21H20.C16H16.C13H10O.C8H10/c1-15-7-6-9-18(13-15)19-11-12-21(17(3)14-19)20-10-5-4-8-16(20)2;1-11-8-9-13-12-6-4-5-7-14(12)16(2,3)15(13)10-11;1-9-6-7-13-11(8-9)10-4-2-3-5-12(10)14-13;1-7-3-5-8(2)6-4-7/h4-14H,1-3H3;4-10H,1-3H3;2-8H,1H3;3-6H,1-2H3. The van der Waals surface area contributed by atoms with E-state index in [1.54, 1.807) is 0 Å². The molecule has 294 valence electrons. The fraction of sp³-hybridized carbons (Fsp3) is 0.172. The number of rotatable bonds is 2. The van der Waals surface area contributed by atoms with Crippen LogP contribution >= 0.6 is 0 Å². The Balaban J connectivity index is 0.000000125. The highest BCUT2D eigenvalue weighted by atomic mass is 16.3. The number of fused-ring (bicyclic) bond motifs is 6. The fourth-order valence-corrected chi connectivity index (χ4v) is 8.14. The molecule has 10 rings (SSSR count). The molecule has 8 aromatic carbocycles. The Bertz CT molecular complexity index is 2840. The summed E-state index contributed by atoms with van der Waals surface area (Å²) in [6.45, 7) is 19.6. The van der Waals surface area contributed by atoms with Gasteiger partial charge in [0.25, 0.3) is 0 Å². The quantitative estimate of drug-likeness (QED) is 0.171. The maximum Gasteiger partial charge on any atom is 0.135 e. The molecule has 1 aliphatic carbocycles. The van der Waals surface area contributed by atoms with Crippen LogP contribution in [-0.4, -0.2) is 0 Å². The maximum absolute atomic E-state index is 5.71. The number of aryl methyl sites for hydroxylation is 7. The Morgan fingerprint density at radius 2 is 0.847 bits per heavy atom. The zero-order chi connectivity index (χ0) is 41.7. The molecule has 1 nitrogen and oxygen atoms in total. The van der Waals surface area contributed by atoms with E-state index in [0.29, 0.717) is 0 Å². The SMILES string of the molecule is Cc1ccc(C)cc1.Cc1ccc2c(c1)C(C)(C)c1ccccc1-2.Cc1ccc2oc3ccccc3c2c1.Cc1cccc(-c2ccc(-c3ccccc3C)c(C)c2)c1. The van der Waals surface area contributed by atoms with Gasteiger partial charge in [-0.05, 0) is 122 Å². The van der Waals surface area contributed by atoms with E-state index in [-0.39, 0.29) is 5.41 Å². The fourth-order valence-electron chi connectivity index (χ4n) is 8.14. The summed E-state index contributed by atoms with van der Waals surface area (Å²) < 4.78 is 5.71. The predicted molar refractivity (Wildman–Crippen MR) is 255 cm³/mol. The minimum Gasteiger partial charge on any atom is -0.456 e. The predicted octanol–water partition coefficient (Wildman–Crippen LogP) is 16.4. The third-order valence-corrected chi connectivity index (χ3v) is 11.5. The van der Waals surface area contributed by atoms with Crippen molar-refractivity contribution in [3.63, 3.8) is 0 Å². The summed E-state index contributed by atoms with van der Waals surface area (Å²) in [7, 11) is 0. The van der Waals surface area contributed by atoms with Crippen molar-refractivity contribution in [3.8, 4) is 33.4 Å². The molecule has 0 unspecified atom stereocenters. The van der Waals surface area contributed by atoms with Gasteiger partial charge in [-0.3, -0.25) is 0 Å². The first-order valence-electron chi connectivity index (χ1n) is 20.7. The summed E-state index contributed by atoms with van der Waals surface area (Å²) in [5, 5.41) is 2.41. The molecule has 0 radical (unpaired) electrons. The Hall–Kier alpha value is -6.44. The Kier molecular flexibility index (Phi) is 12.1. The van der Waals surface area contributed by atoms with E-state index in [1.807, 2.05) is 24.3 Å². The molecule has 0 saturated heterocycles. The van der Waals surface area contributed by atoms with E-state index in [2.05, 4.69) is 214 Å². The van der Waals surface area contributed by atoms with Crippen LogP contribution in [0.2, 0.25) is 0 Å². The van der Waals surface area contributed by atoms with Crippen LogP contribution in [0.4, 0.5) is 0 Å². The van der Waals surface area contributed by atoms with Crippen molar-refractivity contribution < 1.29 is 4.42 Å². The first kappa shape index (κ1) is 40.7. The van der Waals surface area contributed by atoms with Crippen molar-refractivity contribution in [3.05, 3.63) is 226 Å². The molecular formula is C58H56O. The first-order valence-corrected chi connectivity index (χ1v) is 20.7. The molecular weight excluding hydrogens is 713 g/mol. The van der Waals surface area contributed by atoms with Crippen LogP contribution in [0.25, 0.3) is 55.3 Å². The van der Waals surface area contributed by atoms with Gasteiger partial charge in [0.2, 0.25) is 0 Å². The van der Waals surface area contributed by atoms with Gasteiger partial charge in [0.1, 0.15) is 11.2 Å². The van der Waals surface area contributed by atoms with Crippen LogP contribution in [0.15, 0.2) is 180 Å². The molecule has 0 N–H and O–H groups in total. The maximum atomic E-state index is 5.71. The second kappa shape index (κ2) is 17.6. The smallest absolute Gasteiger partial charge is 0.135 e. The van der Waals surface area contributed by atoms with Gasteiger partial charge in [-0.2, -0.15) is 0 Å². The Morgan fingerprint density at radius 1 is 0.322 bits per heavy atom. The molecule has 0 aliphatic heterocycles. The molecule has 1 aromatic heterocycles. The van der Waals surface area contributed by atoms with Crippen molar-refractivity contribution in [1.82, 2.24) is 0 Å². The highest BCUT2D eigenvalue weighted by Gasteiger charge is 2.34. The molecule has 1 heteroatoms. The lowest BCUT2D eigenvalue weighted by molar-refractivity contribution is 0.660. The molecule has 0 saturated carbocycles. The Labute approximate surface area is 352 Å². The van der Waals surface area contributed by atoms with E-state index in [9.17, 15) is 0 Å². The number of para-hydroxylation sites is 1. The van der Waals surface area contributed by atoms with Crippen molar-refractivity contribution in [2.45, 2.75) is 67.7 Å². The molecule has 9 aromatic rings. The molecule has 1 aliphatic rings.